The predicted molar refractivity (Wildman–Crippen MR) is 39.0 cm³/mol. The molecule has 0 radical (unpaired) electrons. The number of carboxylic acid groups (broad SMARTS) is 1. The number of hydrogen-bond donors (Lipinski definition) is 2. The molecule has 0 aromatic carbocycles. The van der Waals surface area contributed by atoms with Crippen molar-refractivity contribution in [3.05, 3.63) is 0 Å². The first-order chi connectivity index (χ1) is 5.56. The summed E-state index contributed by atoms with van der Waals surface area (Å²) < 4.78 is 0. The molecule has 0 saturated carbocycles. The summed E-state index contributed by atoms with van der Waals surface area (Å²) in [5, 5.41) is 10.2. The Labute approximate surface area is 69.2 Å². The molecule has 2 amide bonds. The molecule has 6 heteroatoms. The Morgan fingerprint density at radius 1 is 1.58 bits per heavy atom. The molecule has 66 valence electrons. The first-order valence-corrected chi connectivity index (χ1v) is 3.13. The van der Waals surface area contributed by atoms with E-state index in [1.807, 2.05) is 0 Å². The fourth-order valence-corrected chi connectivity index (χ4v) is 0.478. The van der Waals surface area contributed by atoms with Gasteiger partial charge in [0.1, 0.15) is 13.1 Å². The molecule has 0 aromatic rings. The molecule has 0 saturated heterocycles. The Balaban J connectivity index is 3.59. The van der Waals surface area contributed by atoms with Gasteiger partial charge in [0.05, 0.1) is 11.8 Å². The summed E-state index contributed by atoms with van der Waals surface area (Å²) in [4.78, 5) is 31.5. The van der Waals surface area contributed by atoms with Crippen molar-refractivity contribution in [2.75, 3.05) is 20.1 Å². The van der Waals surface area contributed by atoms with Gasteiger partial charge < -0.3 is 10.4 Å². The van der Waals surface area contributed by atoms with Gasteiger partial charge in [0.15, 0.2) is 0 Å². The van der Waals surface area contributed by atoms with E-state index >= 15 is 0 Å². The predicted octanol–water partition coefficient (Wildman–Crippen LogP) is -1.81. The molecule has 0 spiro atoms. The highest BCUT2D eigenvalue weighted by molar-refractivity contribution is 5.83. The highest BCUT2D eigenvalue weighted by atomic mass is 16.4. The minimum Gasteiger partial charge on any atom is -0.480 e. The van der Waals surface area contributed by atoms with Crippen LogP contribution in [0.15, 0.2) is 0 Å². The average Bonchev–Trinajstić information content (AvgIpc) is 2.00. The van der Waals surface area contributed by atoms with Gasteiger partial charge in [0, 0.05) is 0 Å². The highest BCUT2D eigenvalue weighted by Gasteiger charge is 2.14. The lowest BCUT2D eigenvalue weighted by atomic mass is 10.5. The smallest absolute Gasteiger partial charge is 0.480 e. The third kappa shape index (κ3) is 5.13. The fraction of sp³-hybridized carbons (Fsp3) is 0.500. The molecule has 0 fully saturated rings. The zero-order valence-corrected chi connectivity index (χ0v) is 6.53. The molecule has 6 nitrogen and oxygen atoms in total. The largest absolute Gasteiger partial charge is 0.667 e. The van der Waals surface area contributed by atoms with Gasteiger partial charge in [0.25, 0.3) is 0 Å². The molecular weight excluding hydrogens is 164 g/mol. The quantitative estimate of drug-likeness (QED) is 0.379. The number of amides is 2. The molecule has 12 heavy (non-hydrogen) atoms. The van der Waals surface area contributed by atoms with E-state index in [0.29, 0.717) is 0 Å². The Hall–Kier alpha value is -1.68. The van der Waals surface area contributed by atoms with E-state index in [0.717, 1.165) is 4.90 Å². The third-order valence-electron chi connectivity index (χ3n) is 0.973. The number of nitrogens with one attached hydrogen (secondary N) is 1. The maximum Gasteiger partial charge on any atom is 0.667 e. The highest BCUT2D eigenvalue weighted by Crippen LogP contribution is 1.74. The van der Waals surface area contributed by atoms with Crippen LogP contribution in [0.25, 0.3) is 0 Å². The molecule has 2 N–H and O–H groups in total. The van der Waals surface area contributed by atoms with E-state index in [4.69, 9.17) is 5.11 Å². The van der Waals surface area contributed by atoms with Gasteiger partial charge in [-0.25, -0.2) is 0 Å². The van der Waals surface area contributed by atoms with Crippen LogP contribution in [-0.4, -0.2) is 48.4 Å². The van der Waals surface area contributed by atoms with Crippen LogP contribution >= 0.6 is 0 Å². The number of aliphatic carboxylic acids is 1. The maximum absolute atomic E-state index is 10.7. The zero-order valence-electron chi connectivity index (χ0n) is 6.53. The average molecular weight is 173 g/mol. The third-order valence-corrected chi connectivity index (χ3v) is 0.973. The number of nitrogens with zero attached hydrogens (tertiary/aromatic N) is 1. The molecule has 0 aliphatic rings. The molecule has 0 aromatic heterocycles. The van der Waals surface area contributed by atoms with Gasteiger partial charge in [0.2, 0.25) is 5.91 Å². The first kappa shape index (κ1) is 10.3. The number of carbonyl (C=O) groups excluding carboxylic acids is 2. The van der Waals surface area contributed by atoms with Crippen molar-refractivity contribution in [1.82, 2.24) is 10.2 Å². The summed E-state index contributed by atoms with van der Waals surface area (Å²) in [5.74, 6) is -1.65. The number of carboxylic acids is 1. The summed E-state index contributed by atoms with van der Waals surface area (Å²) in [6, 6.07) is 0. The second-order valence-corrected chi connectivity index (χ2v) is 2.12. The fourth-order valence-electron chi connectivity index (χ4n) is 0.478. The van der Waals surface area contributed by atoms with Crippen LogP contribution in [0.2, 0.25) is 0 Å². The van der Waals surface area contributed by atoms with Crippen LogP contribution in [0, 0.1) is 0 Å². The van der Waals surface area contributed by atoms with Crippen molar-refractivity contribution in [1.29, 1.82) is 0 Å². The molecule has 0 aliphatic heterocycles. The van der Waals surface area contributed by atoms with Crippen molar-refractivity contribution in [2.24, 2.45) is 0 Å². The second-order valence-electron chi connectivity index (χ2n) is 2.12. The molecule has 0 aliphatic carbocycles. The van der Waals surface area contributed by atoms with Crippen LogP contribution < -0.4 is 5.32 Å². The van der Waals surface area contributed by atoms with Gasteiger partial charge in [-0.3, -0.25) is 9.59 Å². The normalized spacial score (nSPS) is 8.42. The summed E-state index contributed by atoms with van der Waals surface area (Å²) >= 11 is 0. The van der Waals surface area contributed by atoms with E-state index in [2.05, 4.69) is 5.32 Å². The van der Waals surface area contributed by atoms with Crippen LogP contribution in [-0.2, 0) is 14.4 Å². The Morgan fingerprint density at radius 2 is 2.17 bits per heavy atom. The van der Waals surface area contributed by atoms with Crippen LogP contribution in [0.3, 0.4) is 0 Å². The van der Waals surface area contributed by atoms with E-state index < -0.39 is 18.4 Å². The summed E-state index contributed by atoms with van der Waals surface area (Å²) in [5.41, 5.74) is 0. The van der Waals surface area contributed by atoms with Gasteiger partial charge >= 0.3 is 12.4 Å². The molecule has 0 heterocycles. The Morgan fingerprint density at radius 3 is 2.58 bits per heavy atom. The van der Waals surface area contributed by atoms with E-state index in [1.165, 1.54) is 13.5 Å². The SMILES string of the molecule is CN([C+]=O)CC(=O)NCC(=O)O. The number of rotatable bonds is 5. The van der Waals surface area contributed by atoms with Crippen molar-refractivity contribution < 1.29 is 19.5 Å². The molecule has 0 atom stereocenters. The monoisotopic (exact) mass is 173 g/mol. The Bertz CT molecular complexity index is 192. The van der Waals surface area contributed by atoms with Crippen LogP contribution in [0.5, 0.6) is 0 Å². The summed E-state index contributed by atoms with van der Waals surface area (Å²) in [7, 11) is 1.37. The zero-order chi connectivity index (χ0) is 9.56. The maximum atomic E-state index is 10.7. The van der Waals surface area contributed by atoms with Gasteiger partial charge in [-0.05, 0) is 0 Å². The van der Waals surface area contributed by atoms with Gasteiger partial charge in [-0.15, -0.1) is 4.90 Å². The lowest BCUT2D eigenvalue weighted by Crippen LogP contribution is -2.37. The second kappa shape index (κ2) is 5.03. The minimum absolute atomic E-state index is 0.184. The lowest BCUT2D eigenvalue weighted by Gasteiger charge is -2.00. The molecule has 0 rings (SSSR count). The standard InChI is InChI=1S/C6H8N2O4/c1-8(4-9)3-5(10)7-2-6(11)12/h2-3H2,1H3,(H-,7,10,11,12)/p+1. The molecular formula is C6H9N2O4+. The number of hydrogen-bond acceptors (Lipinski definition) is 3. The van der Waals surface area contributed by atoms with E-state index in [1.54, 1.807) is 0 Å². The van der Waals surface area contributed by atoms with Crippen molar-refractivity contribution in [3.8, 4) is 0 Å². The minimum atomic E-state index is -1.12. The lowest BCUT2D eigenvalue weighted by molar-refractivity contribution is -0.137. The van der Waals surface area contributed by atoms with Crippen LogP contribution in [0.1, 0.15) is 0 Å². The van der Waals surface area contributed by atoms with Gasteiger partial charge in [-0.1, -0.05) is 0 Å². The summed E-state index contributed by atoms with van der Waals surface area (Å²) in [6.45, 7) is -0.623. The number of likely N-dealkylation sites (N-methyl/N-ethyl adjacent to an activating group) is 1. The summed E-state index contributed by atoms with van der Waals surface area (Å²) in [6.07, 6.45) is 1.46. The van der Waals surface area contributed by atoms with E-state index in [-0.39, 0.29) is 6.54 Å². The van der Waals surface area contributed by atoms with Crippen molar-refractivity contribution in [3.63, 3.8) is 0 Å². The first-order valence-electron chi connectivity index (χ1n) is 3.13. The van der Waals surface area contributed by atoms with E-state index in [9.17, 15) is 14.4 Å². The van der Waals surface area contributed by atoms with Crippen LogP contribution in [0.4, 0.5) is 0 Å². The Kier molecular flexibility index (Phi) is 4.33. The van der Waals surface area contributed by atoms with Gasteiger partial charge in [-0.2, -0.15) is 0 Å². The van der Waals surface area contributed by atoms with Crippen molar-refractivity contribution in [2.45, 2.75) is 0 Å². The molecule has 0 bridgehead atoms. The number of carbonyl (C=O) groups is 2. The topological polar surface area (TPSA) is 86.7 Å². The molecule has 0 unspecified atom stereocenters. The van der Waals surface area contributed by atoms with Crippen molar-refractivity contribution >= 4 is 18.3 Å².